The van der Waals surface area contributed by atoms with E-state index in [4.69, 9.17) is 16.7 Å². The first-order valence-corrected chi connectivity index (χ1v) is 6.85. The van der Waals surface area contributed by atoms with Gasteiger partial charge in [-0.15, -0.1) is 0 Å². The molecule has 1 amide bonds. The van der Waals surface area contributed by atoms with Gasteiger partial charge in [0.15, 0.2) is 0 Å². The topological polar surface area (TPSA) is 49.3 Å². The molecule has 0 saturated heterocycles. The Balaban J connectivity index is 2.78. The summed E-state index contributed by atoms with van der Waals surface area (Å²) in [4.78, 5) is 11.8. The minimum atomic E-state index is -0.477. The quantitative estimate of drug-likeness (QED) is 0.793. The van der Waals surface area contributed by atoms with Crippen molar-refractivity contribution in [2.75, 3.05) is 6.61 Å². The maximum absolute atomic E-state index is 13.5. The second-order valence-electron chi connectivity index (χ2n) is 4.85. The van der Waals surface area contributed by atoms with Gasteiger partial charge >= 0.3 is 0 Å². The summed E-state index contributed by atoms with van der Waals surface area (Å²) >= 11 is 5.87. The minimum absolute atomic E-state index is 0.00647. The van der Waals surface area contributed by atoms with Crippen LogP contribution in [-0.4, -0.2) is 23.2 Å². The maximum Gasteiger partial charge on any atom is 0.244 e. The molecule has 0 radical (unpaired) electrons. The van der Waals surface area contributed by atoms with Gasteiger partial charge in [-0.05, 0) is 38.0 Å². The van der Waals surface area contributed by atoms with E-state index in [0.717, 1.165) is 0 Å². The smallest absolute Gasteiger partial charge is 0.244 e. The van der Waals surface area contributed by atoms with Gasteiger partial charge < -0.3 is 10.4 Å². The van der Waals surface area contributed by atoms with Crippen LogP contribution in [0.4, 0.5) is 4.39 Å². The van der Waals surface area contributed by atoms with Crippen molar-refractivity contribution in [3.05, 3.63) is 40.7 Å². The van der Waals surface area contributed by atoms with Crippen molar-refractivity contribution in [1.82, 2.24) is 5.32 Å². The van der Waals surface area contributed by atoms with Gasteiger partial charge in [0, 0.05) is 23.8 Å². The zero-order valence-electron chi connectivity index (χ0n) is 11.6. The standard InChI is InChI=1S/C15H19ClFNO2/c1-3-15(2,9-10-19)18-14(20)8-7-11-12(16)5-4-6-13(11)17/h4-8,19H,3,9-10H2,1-2H3,(H,18,20)/b8-7+. The first-order chi connectivity index (χ1) is 9.41. The minimum Gasteiger partial charge on any atom is -0.396 e. The highest BCUT2D eigenvalue weighted by Gasteiger charge is 2.22. The number of nitrogens with one attached hydrogen (secondary N) is 1. The van der Waals surface area contributed by atoms with Crippen LogP contribution in [0.15, 0.2) is 24.3 Å². The fourth-order valence-corrected chi connectivity index (χ4v) is 1.97. The predicted molar refractivity (Wildman–Crippen MR) is 79.0 cm³/mol. The Bertz CT molecular complexity index is 484. The second kappa shape index (κ2) is 7.41. The van der Waals surface area contributed by atoms with Crippen LogP contribution in [0.1, 0.15) is 32.3 Å². The number of amides is 1. The van der Waals surface area contributed by atoms with Crippen molar-refractivity contribution in [3.63, 3.8) is 0 Å². The number of hydrogen-bond acceptors (Lipinski definition) is 2. The van der Waals surface area contributed by atoms with E-state index in [9.17, 15) is 9.18 Å². The Hall–Kier alpha value is -1.39. The zero-order chi connectivity index (χ0) is 15.2. The average molecular weight is 300 g/mol. The van der Waals surface area contributed by atoms with Gasteiger partial charge in [0.2, 0.25) is 5.91 Å². The van der Waals surface area contributed by atoms with E-state index < -0.39 is 11.4 Å². The Morgan fingerprint density at radius 3 is 2.80 bits per heavy atom. The summed E-state index contributed by atoms with van der Waals surface area (Å²) in [5, 5.41) is 12.0. The number of rotatable bonds is 6. The Labute approximate surface area is 123 Å². The molecule has 1 atom stereocenters. The predicted octanol–water partition coefficient (Wildman–Crippen LogP) is 3.16. The molecule has 0 fully saturated rings. The van der Waals surface area contributed by atoms with Crippen LogP contribution in [0.2, 0.25) is 5.02 Å². The molecule has 1 aromatic carbocycles. The van der Waals surface area contributed by atoms with Gasteiger partial charge in [-0.1, -0.05) is 24.6 Å². The Morgan fingerprint density at radius 2 is 2.25 bits per heavy atom. The summed E-state index contributed by atoms with van der Waals surface area (Å²) in [5.41, 5.74) is -0.292. The summed E-state index contributed by atoms with van der Waals surface area (Å²) in [7, 11) is 0. The van der Waals surface area contributed by atoms with E-state index >= 15 is 0 Å². The fourth-order valence-electron chi connectivity index (χ4n) is 1.74. The van der Waals surface area contributed by atoms with Crippen molar-refractivity contribution >= 4 is 23.6 Å². The van der Waals surface area contributed by atoms with Crippen molar-refractivity contribution < 1.29 is 14.3 Å². The van der Waals surface area contributed by atoms with E-state index in [1.165, 1.54) is 24.3 Å². The molecule has 0 aromatic heterocycles. The molecule has 5 heteroatoms. The molecule has 3 nitrogen and oxygen atoms in total. The van der Waals surface area contributed by atoms with Crippen LogP contribution in [-0.2, 0) is 4.79 Å². The lowest BCUT2D eigenvalue weighted by Crippen LogP contribution is -2.45. The highest BCUT2D eigenvalue weighted by molar-refractivity contribution is 6.32. The lowest BCUT2D eigenvalue weighted by Gasteiger charge is -2.28. The van der Waals surface area contributed by atoms with Crippen molar-refractivity contribution in [2.45, 2.75) is 32.2 Å². The number of halogens is 2. The van der Waals surface area contributed by atoms with Crippen LogP contribution < -0.4 is 5.32 Å². The monoisotopic (exact) mass is 299 g/mol. The number of hydrogen-bond donors (Lipinski definition) is 2. The molecule has 0 aliphatic rings. The number of benzene rings is 1. The molecule has 0 aliphatic carbocycles. The molecule has 0 saturated carbocycles. The molecule has 0 heterocycles. The Morgan fingerprint density at radius 1 is 1.55 bits per heavy atom. The third-order valence-electron chi connectivity index (χ3n) is 3.27. The van der Waals surface area contributed by atoms with Crippen molar-refractivity contribution in [2.24, 2.45) is 0 Å². The number of carbonyl (C=O) groups is 1. The summed E-state index contributed by atoms with van der Waals surface area (Å²) in [6, 6.07) is 4.35. The van der Waals surface area contributed by atoms with Gasteiger partial charge in [-0.2, -0.15) is 0 Å². The molecule has 1 rings (SSSR count). The lowest BCUT2D eigenvalue weighted by molar-refractivity contribution is -0.118. The third kappa shape index (κ3) is 4.62. The highest BCUT2D eigenvalue weighted by atomic mass is 35.5. The Kier molecular flexibility index (Phi) is 6.17. The van der Waals surface area contributed by atoms with Gasteiger partial charge in [0.05, 0.1) is 5.02 Å². The molecular formula is C15H19ClFNO2. The first-order valence-electron chi connectivity index (χ1n) is 6.47. The van der Waals surface area contributed by atoms with E-state index in [0.29, 0.717) is 12.8 Å². The molecule has 0 bridgehead atoms. The molecule has 0 aliphatic heterocycles. The summed E-state index contributed by atoms with van der Waals surface area (Å²) in [6.07, 6.45) is 3.74. The molecule has 20 heavy (non-hydrogen) atoms. The lowest BCUT2D eigenvalue weighted by atomic mass is 9.95. The number of carbonyl (C=O) groups excluding carboxylic acids is 1. The van der Waals surface area contributed by atoms with Crippen molar-refractivity contribution in [1.29, 1.82) is 0 Å². The number of aliphatic hydroxyl groups is 1. The SMILES string of the molecule is CCC(C)(CCO)NC(=O)/C=C/c1c(F)cccc1Cl. The first kappa shape index (κ1) is 16.7. The van der Waals surface area contributed by atoms with Gasteiger partial charge in [0.25, 0.3) is 0 Å². The zero-order valence-corrected chi connectivity index (χ0v) is 12.4. The summed E-state index contributed by atoms with van der Waals surface area (Å²) < 4.78 is 13.5. The maximum atomic E-state index is 13.5. The van der Waals surface area contributed by atoms with Crippen LogP contribution in [0.3, 0.4) is 0 Å². The fraction of sp³-hybridized carbons (Fsp3) is 0.400. The molecule has 110 valence electrons. The van der Waals surface area contributed by atoms with Gasteiger partial charge in [-0.3, -0.25) is 4.79 Å². The van der Waals surface area contributed by atoms with Gasteiger partial charge in [0.1, 0.15) is 5.82 Å². The molecule has 2 N–H and O–H groups in total. The molecule has 0 spiro atoms. The third-order valence-corrected chi connectivity index (χ3v) is 3.60. The van der Waals surface area contributed by atoms with Crippen LogP contribution in [0.25, 0.3) is 6.08 Å². The average Bonchev–Trinajstić information content (AvgIpc) is 2.38. The van der Waals surface area contributed by atoms with Crippen LogP contribution in [0, 0.1) is 5.82 Å². The van der Waals surface area contributed by atoms with Crippen LogP contribution in [0.5, 0.6) is 0 Å². The number of aliphatic hydroxyl groups excluding tert-OH is 1. The van der Waals surface area contributed by atoms with E-state index in [2.05, 4.69) is 5.32 Å². The summed E-state index contributed by atoms with van der Waals surface area (Å²) in [6.45, 7) is 3.77. The highest BCUT2D eigenvalue weighted by Crippen LogP contribution is 2.20. The van der Waals surface area contributed by atoms with E-state index in [1.807, 2.05) is 13.8 Å². The van der Waals surface area contributed by atoms with Crippen molar-refractivity contribution in [3.8, 4) is 0 Å². The van der Waals surface area contributed by atoms with E-state index in [-0.39, 0.29) is 23.1 Å². The molecular weight excluding hydrogens is 281 g/mol. The normalized spacial score (nSPS) is 14.2. The summed E-state index contributed by atoms with van der Waals surface area (Å²) in [5.74, 6) is -0.822. The van der Waals surface area contributed by atoms with E-state index in [1.54, 1.807) is 6.07 Å². The van der Waals surface area contributed by atoms with Crippen LogP contribution >= 0.6 is 11.6 Å². The molecule has 1 unspecified atom stereocenters. The largest absolute Gasteiger partial charge is 0.396 e. The molecule has 1 aromatic rings. The van der Waals surface area contributed by atoms with Gasteiger partial charge in [-0.25, -0.2) is 4.39 Å². The second-order valence-corrected chi connectivity index (χ2v) is 5.25.